The number of rotatable bonds is 7. The van der Waals surface area contributed by atoms with Crippen LogP contribution < -0.4 is 0 Å². The lowest BCUT2D eigenvalue weighted by Gasteiger charge is -2.37. The Morgan fingerprint density at radius 1 is 0.688 bits per heavy atom. The lowest BCUT2D eigenvalue weighted by Crippen LogP contribution is -2.44. The minimum atomic E-state index is -1.00. The second-order valence-electron chi connectivity index (χ2n) is 5.60. The van der Waals surface area contributed by atoms with E-state index in [0.29, 0.717) is 0 Å². The molecule has 0 radical (unpaired) electrons. The minimum absolute atomic E-state index is 0.222. The molecule has 0 aromatic carbocycles. The lowest BCUT2D eigenvalue weighted by atomic mass is 9.83. The molecule has 0 atom stereocenters. The molecular formula is C10H22O6. The van der Waals surface area contributed by atoms with Gasteiger partial charge in [-0.25, -0.2) is 14.7 Å². The van der Waals surface area contributed by atoms with Gasteiger partial charge in [0, 0.05) is 12.8 Å². The molecule has 0 aliphatic heterocycles. The average Bonchev–Trinajstić information content (AvgIpc) is 2.16. The van der Waals surface area contributed by atoms with Gasteiger partial charge >= 0.3 is 0 Å². The molecule has 0 saturated carbocycles. The van der Waals surface area contributed by atoms with E-state index >= 15 is 0 Å². The second-order valence-corrected chi connectivity index (χ2v) is 5.60. The first-order valence-corrected chi connectivity index (χ1v) is 5.07. The van der Waals surface area contributed by atoms with Crippen molar-refractivity contribution < 1.29 is 30.4 Å². The van der Waals surface area contributed by atoms with Gasteiger partial charge in [-0.05, 0) is 34.6 Å². The third kappa shape index (κ3) is 5.20. The summed E-state index contributed by atoms with van der Waals surface area (Å²) in [6.07, 6.45) is 0.444. The number of hydrogen-bond acceptors (Lipinski definition) is 6. The Kier molecular flexibility index (Phi) is 5.31. The van der Waals surface area contributed by atoms with E-state index in [2.05, 4.69) is 14.7 Å². The van der Waals surface area contributed by atoms with Gasteiger partial charge in [0.2, 0.25) is 0 Å². The highest BCUT2D eigenvalue weighted by molar-refractivity contribution is 4.88. The Bertz CT molecular complexity index is 195. The van der Waals surface area contributed by atoms with Gasteiger partial charge in [-0.3, -0.25) is 15.8 Å². The van der Waals surface area contributed by atoms with Crippen LogP contribution in [0.3, 0.4) is 0 Å². The van der Waals surface area contributed by atoms with Crippen LogP contribution in [0.25, 0.3) is 0 Å². The maximum atomic E-state index is 8.93. The van der Waals surface area contributed by atoms with Crippen LogP contribution in [0.15, 0.2) is 0 Å². The van der Waals surface area contributed by atoms with Crippen molar-refractivity contribution in [2.45, 2.75) is 64.3 Å². The molecule has 0 rings (SSSR count). The lowest BCUT2D eigenvalue weighted by molar-refractivity contribution is -0.379. The summed E-state index contributed by atoms with van der Waals surface area (Å²) in [6.45, 7) is 8.23. The van der Waals surface area contributed by atoms with Crippen LogP contribution in [-0.4, -0.2) is 32.6 Å². The van der Waals surface area contributed by atoms with Crippen LogP contribution in [0.2, 0.25) is 0 Å². The maximum absolute atomic E-state index is 8.93. The highest BCUT2D eigenvalue weighted by atomic mass is 17.1. The Balaban J connectivity index is 4.67. The Hall–Kier alpha value is -0.240. The zero-order valence-electron chi connectivity index (χ0n) is 10.5. The standard InChI is InChI=1S/C10H22O6/c1-8(2,14-11)6-10(5,16-13)7-9(3,4)15-12/h11-13H,6-7H2,1-5H3. The van der Waals surface area contributed by atoms with Crippen LogP contribution in [0, 0.1) is 0 Å². The predicted molar refractivity (Wildman–Crippen MR) is 56.9 cm³/mol. The largest absolute Gasteiger partial charge is 0.251 e. The monoisotopic (exact) mass is 238 g/mol. The molecule has 0 aliphatic rings. The molecule has 0 aromatic heterocycles. The summed E-state index contributed by atoms with van der Waals surface area (Å²) < 4.78 is 0. The van der Waals surface area contributed by atoms with Crippen molar-refractivity contribution in [3.8, 4) is 0 Å². The molecule has 0 saturated heterocycles. The van der Waals surface area contributed by atoms with Crippen LogP contribution in [0.5, 0.6) is 0 Å². The number of hydrogen-bond donors (Lipinski definition) is 3. The van der Waals surface area contributed by atoms with Crippen molar-refractivity contribution in [1.82, 2.24) is 0 Å². The minimum Gasteiger partial charge on any atom is -0.251 e. The molecule has 98 valence electrons. The summed E-state index contributed by atoms with van der Waals surface area (Å²) in [7, 11) is 0. The van der Waals surface area contributed by atoms with Crippen molar-refractivity contribution >= 4 is 0 Å². The summed E-state index contributed by atoms with van der Waals surface area (Å²) in [5.74, 6) is 0. The van der Waals surface area contributed by atoms with E-state index in [1.807, 2.05) is 0 Å². The summed E-state index contributed by atoms with van der Waals surface area (Å²) in [4.78, 5) is 13.0. The topological polar surface area (TPSA) is 88.4 Å². The first-order valence-electron chi connectivity index (χ1n) is 5.07. The van der Waals surface area contributed by atoms with Gasteiger partial charge in [0.05, 0.1) is 0 Å². The summed E-state index contributed by atoms with van der Waals surface area (Å²) >= 11 is 0. The Labute approximate surface area is 95.5 Å². The van der Waals surface area contributed by atoms with Crippen molar-refractivity contribution in [3.63, 3.8) is 0 Å². The fourth-order valence-electron chi connectivity index (χ4n) is 1.99. The molecule has 3 N–H and O–H groups in total. The molecule has 0 amide bonds. The van der Waals surface area contributed by atoms with Crippen LogP contribution in [0.4, 0.5) is 0 Å². The van der Waals surface area contributed by atoms with E-state index in [1.165, 1.54) is 0 Å². The molecule has 0 bridgehead atoms. The molecule has 0 fully saturated rings. The molecular weight excluding hydrogens is 216 g/mol. The van der Waals surface area contributed by atoms with E-state index in [-0.39, 0.29) is 12.8 Å². The average molecular weight is 238 g/mol. The van der Waals surface area contributed by atoms with Gasteiger partial charge in [-0.1, -0.05) is 0 Å². The first-order chi connectivity index (χ1) is 7.10. The van der Waals surface area contributed by atoms with Crippen molar-refractivity contribution in [2.75, 3.05) is 0 Å². The second kappa shape index (κ2) is 5.39. The van der Waals surface area contributed by atoms with E-state index in [4.69, 9.17) is 15.8 Å². The quantitative estimate of drug-likeness (QED) is 0.466. The van der Waals surface area contributed by atoms with Crippen molar-refractivity contribution in [2.24, 2.45) is 0 Å². The highest BCUT2D eigenvalue weighted by Crippen LogP contribution is 2.33. The maximum Gasteiger partial charge on any atom is 0.106 e. The van der Waals surface area contributed by atoms with Gasteiger partial charge in [-0.2, -0.15) is 0 Å². The summed E-state index contributed by atoms with van der Waals surface area (Å²) in [5.41, 5.74) is -2.75. The third-order valence-electron chi connectivity index (χ3n) is 2.31. The van der Waals surface area contributed by atoms with E-state index < -0.39 is 16.8 Å². The molecule has 0 spiro atoms. The van der Waals surface area contributed by atoms with Crippen molar-refractivity contribution in [1.29, 1.82) is 0 Å². The zero-order valence-corrected chi connectivity index (χ0v) is 10.5. The SMILES string of the molecule is CC(C)(CC(C)(CC(C)(C)OO)OO)OO. The van der Waals surface area contributed by atoms with E-state index in [0.717, 1.165) is 0 Å². The predicted octanol–water partition coefficient (Wildman–Crippen LogP) is 2.55. The Morgan fingerprint density at radius 3 is 1.19 bits per heavy atom. The van der Waals surface area contributed by atoms with Gasteiger partial charge < -0.3 is 0 Å². The normalized spacial score (nSPS) is 14.2. The van der Waals surface area contributed by atoms with Gasteiger partial charge in [-0.15, -0.1) is 0 Å². The highest BCUT2D eigenvalue weighted by Gasteiger charge is 2.40. The third-order valence-corrected chi connectivity index (χ3v) is 2.31. The molecule has 16 heavy (non-hydrogen) atoms. The van der Waals surface area contributed by atoms with Gasteiger partial charge in [0.25, 0.3) is 0 Å². The molecule has 6 heteroatoms. The first kappa shape index (κ1) is 15.8. The molecule has 0 aliphatic carbocycles. The molecule has 0 unspecified atom stereocenters. The van der Waals surface area contributed by atoms with Crippen molar-refractivity contribution in [3.05, 3.63) is 0 Å². The van der Waals surface area contributed by atoms with E-state index in [9.17, 15) is 0 Å². The Morgan fingerprint density at radius 2 is 1.00 bits per heavy atom. The van der Waals surface area contributed by atoms with Crippen LogP contribution in [0.1, 0.15) is 47.5 Å². The van der Waals surface area contributed by atoms with Crippen LogP contribution >= 0.6 is 0 Å². The van der Waals surface area contributed by atoms with Gasteiger partial charge in [0.15, 0.2) is 0 Å². The zero-order chi connectivity index (χ0) is 13.0. The molecule has 0 heterocycles. The molecule has 6 nitrogen and oxygen atoms in total. The fourth-order valence-corrected chi connectivity index (χ4v) is 1.99. The van der Waals surface area contributed by atoms with E-state index in [1.54, 1.807) is 34.6 Å². The van der Waals surface area contributed by atoms with Crippen LogP contribution in [-0.2, 0) is 14.7 Å². The molecule has 0 aromatic rings. The summed E-state index contributed by atoms with van der Waals surface area (Å²) in [6, 6.07) is 0. The summed E-state index contributed by atoms with van der Waals surface area (Å²) in [5, 5.41) is 26.3. The fraction of sp³-hybridized carbons (Fsp3) is 1.00. The van der Waals surface area contributed by atoms with Gasteiger partial charge in [0.1, 0.15) is 16.8 Å². The smallest absolute Gasteiger partial charge is 0.106 e.